The van der Waals surface area contributed by atoms with Crippen molar-refractivity contribution in [3.8, 4) is 0 Å². The van der Waals surface area contributed by atoms with Crippen molar-refractivity contribution in [1.82, 2.24) is 19.4 Å². The van der Waals surface area contributed by atoms with Gasteiger partial charge in [0.05, 0.1) is 11.0 Å². The van der Waals surface area contributed by atoms with E-state index < -0.39 is 17.6 Å². The number of imide groups is 1. The highest BCUT2D eigenvalue weighted by Gasteiger charge is 2.35. The average molecular weight is 512 g/mol. The van der Waals surface area contributed by atoms with Gasteiger partial charge in [0.25, 0.3) is 0 Å². The fraction of sp³-hybridized carbons (Fsp3) is 0.630. The molecule has 3 aliphatic heterocycles. The molecule has 2 atom stereocenters. The number of piperidine rings is 2. The van der Waals surface area contributed by atoms with Crippen LogP contribution in [0.15, 0.2) is 23.0 Å². The van der Waals surface area contributed by atoms with Crippen LogP contribution < -0.4 is 15.9 Å². The van der Waals surface area contributed by atoms with Crippen LogP contribution in [0, 0.1) is 11.8 Å². The van der Waals surface area contributed by atoms with Gasteiger partial charge in [-0.3, -0.25) is 24.0 Å². The maximum absolute atomic E-state index is 13.1. The summed E-state index contributed by atoms with van der Waals surface area (Å²) in [4.78, 5) is 53.7. The molecule has 10 nitrogen and oxygen atoms in total. The van der Waals surface area contributed by atoms with Gasteiger partial charge in [0, 0.05) is 45.3 Å². The van der Waals surface area contributed by atoms with E-state index in [0.717, 1.165) is 56.6 Å². The summed E-state index contributed by atoms with van der Waals surface area (Å²) in [6, 6.07) is 5.30. The third kappa shape index (κ3) is 4.98. The monoisotopic (exact) mass is 511 g/mol. The highest BCUT2D eigenvalue weighted by molar-refractivity contribution is 6.00. The smallest absolute Gasteiger partial charge is 0.410 e. The molecule has 200 valence electrons. The number of nitrogens with zero attached hydrogens (tertiary/aromatic N) is 4. The van der Waals surface area contributed by atoms with Crippen LogP contribution in [0.1, 0.15) is 58.9 Å². The van der Waals surface area contributed by atoms with Crippen molar-refractivity contribution in [2.45, 2.75) is 64.5 Å². The summed E-state index contributed by atoms with van der Waals surface area (Å²) in [5, 5.41) is 2.36. The van der Waals surface area contributed by atoms with E-state index >= 15 is 0 Å². The normalized spacial score (nSPS) is 23.6. The maximum atomic E-state index is 13.1. The molecular weight excluding hydrogens is 474 g/mol. The molecular formula is C27H37N5O5. The van der Waals surface area contributed by atoms with Crippen molar-refractivity contribution in [2.24, 2.45) is 18.9 Å². The SMILES string of the molecule is Cn1c(=O)n(C2CCC(=O)NC2=O)c2ccc(N3CCC(C4CCN(C(=O)OC(C)(C)C)CC4)C3)cc21. The largest absolute Gasteiger partial charge is 0.444 e. The van der Waals surface area contributed by atoms with Crippen LogP contribution in [0.3, 0.4) is 0 Å². The lowest BCUT2D eigenvalue weighted by Crippen LogP contribution is -2.44. The van der Waals surface area contributed by atoms with Crippen molar-refractivity contribution < 1.29 is 19.1 Å². The zero-order valence-corrected chi connectivity index (χ0v) is 22.2. The Morgan fingerprint density at radius 3 is 2.35 bits per heavy atom. The van der Waals surface area contributed by atoms with Gasteiger partial charge in [0.1, 0.15) is 11.6 Å². The van der Waals surface area contributed by atoms with E-state index in [1.165, 1.54) is 4.57 Å². The Morgan fingerprint density at radius 2 is 1.68 bits per heavy atom. The number of likely N-dealkylation sites (tertiary alicyclic amines) is 1. The van der Waals surface area contributed by atoms with Crippen LogP contribution in [-0.4, -0.2) is 63.7 Å². The van der Waals surface area contributed by atoms with Gasteiger partial charge in [-0.15, -0.1) is 0 Å². The summed E-state index contributed by atoms with van der Waals surface area (Å²) >= 11 is 0. The van der Waals surface area contributed by atoms with Crippen LogP contribution in [0.5, 0.6) is 0 Å². The summed E-state index contributed by atoms with van der Waals surface area (Å²) in [7, 11) is 1.72. The molecule has 1 N–H and O–H groups in total. The number of aryl methyl sites for hydroxylation is 1. The lowest BCUT2D eigenvalue weighted by Gasteiger charge is -2.35. The number of imidazole rings is 1. The van der Waals surface area contributed by atoms with E-state index in [9.17, 15) is 19.2 Å². The minimum Gasteiger partial charge on any atom is -0.444 e. The number of benzene rings is 1. The van der Waals surface area contributed by atoms with Gasteiger partial charge in [-0.2, -0.15) is 0 Å². The van der Waals surface area contributed by atoms with Gasteiger partial charge in [0.2, 0.25) is 11.8 Å². The second-order valence-corrected chi connectivity index (χ2v) is 11.7. The van der Waals surface area contributed by atoms with Crippen LogP contribution in [0.25, 0.3) is 11.0 Å². The minimum atomic E-state index is -0.678. The Balaban J connectivity index is 1.26. The predicted molar refractivity (Wildman–Crippen MR) is 139 cm³/mol. The van der Waals surface area contributed by atoms with Gasteiger partial charge in [0.15, 0.2) is 0 Å². The first-order chi connectivity index (χ1) is 17.5. The van der Waals surface area contributed by atoms with Crippen molar-refractivity contribution in [3.05, 3.63) is 28.7 Å². The van der Waals surface area contributed by atoms with Gasteiger partial charge in [-0.25, -0.2) is 9.59 Å². The Morgan fingerprint density at radius 1 is 0.973 bits per heavy atom. The molecule has 5 rings (SSSR count). The predicted octanol–water partition coefficient (Wildman–Crippen LogP) is 2.79. The number of ether oxygens (including phenoxy) is 1. The van der Waals surface area contributed by atoms with Crippen LogP contribution >= 0.6 is 0 Å². The fourth-order valence-electron chi connectivity index (χ4n) is 6.06. The highest BCUT2D eigenvalue weighted by atomic mass is 16.6. The first kappa shape index (κ1) is 25.4. The quantitative estimate of drug-likeness (QED) is 0.636. The zero-order chi connectivity index (χ0) is 26.5. The average Bonchev–Trinajstić information content (AvgIpc) is 3.42. The molecule has 0 bridgehead atoms. The molecule has 2 unspecified atom stereocenters. The number of rotatable bonds is 3. The number of carbonyl (C=O) groups is 3. The number of carbonyl (C=O) groups excluding carboxylic acids is 3. The summed E-state index contributed by atoms with van der Waals surface area (Å²) < 4.78 is 8.64. The summed E-state index contributed by atoms with van der Waals surface area (Å²) in [6.07, 6.45) is 3.41. The zero-order valence-electron chi connectivity index (χ0n) is 22.2. The lowest BCUT2D eigenvalue weighted by molar-refractivity contribution is -0.135. The second kappa shape index (κ2) is 9.54. The lowest BCUT2D eigenvalue weighted by atomic mass is 9.84. The molecule has 0 aliphatic carbocycles. The molecule has 2 aromatic rings. The summed E-state index contributed by atoms with van der Waals surface area (Å²) in [6.45, 7) is 9.04. The van der Waals surface area contributed by atoms with Gasteiger partial charge in [-0.05, 0) is 76.5 Å². The Kier molecular flexibility index (Phi) is 6.53. The van der Waals surface area contributed by atoms with Crippen molar-refractivity contribution in [3.63, 3.8) is 0 Å². The fourth-order valence-corrected chi connectivity index (χ4v) is 6.06. The molecule has 3 aliphatic rings. The number of amides is 3. The number of hydrogen-bond acceptors (Lipinski definition) is 6. The van der Waals surface area contributed by atoms with E-state index in [1.54, 1.807) is 11.6 Å². The first-order valence-electron chi connectivity index (χ1n) is 13.3. The maximum Gasteiger partial charge on any atom is 0.410 e. The van der Waals surface area contributed by atoms with E-state index in [1.807, 2.05) is 43.9 Å². The molecule has 4 heterocycles. The minimum absolute atomic E-state index is 0.220. The Bertz CT molecular complexity index is 1280. The molecule has 3 amide bonds. The van der Waals surface area contributed by atoms with Crippen molar-refractivity contribution in [2.75, 3.05) is 31.1 Å². The molecule has 1 aromatic heterocycles. The third-order valence-corrected chi connectivity index (χ3v) is 8.04. The molecule has 1 aromatic carbocycles. The van der Waals surface area contributed by atoms with Crippen LogP contribution in [-0.2, 0) is 21.4 Å². The Hall–Kier alpha value is -3.30. The van der Waals surface area contributed by atoms with Gasteiger partial charge >= 0.3 is 11.8 Å². The molecule has 10 heteroatoms. The van der Waals surface area contributed by atoms with Crippen LogP contribution in [0.2, 0.25) is 0 Å². The number of nitrogens with one attached hydrogen (secondary N) is 1. The van der Waals surface area contributed by atoms with Crippen molar-refractivity contribution >= 4 is 34.6 Å². The number of fused-ring (bicyclic) bond motifs is 1. The van der Waals surface area contributed by atoms with E-state index in [4.69, 9.17) is 4.74 Å². The Labute approximate surface area is 216 Å². The second-order valence-electron chi connectivity index (χ2n) is 11.7. The number of anilines is 1. The van der Waals surface area contributed by atoms with Crippen LogP contribution in [0.4, 0.5) is 10.5 Å². The molecule has 0 spiro atoms. The molecule has 0 radical (unpaired) electrons. The first-order valence-corrected chi connectivity index (χ1v) is 13.3. The van der Waals surface area contributed by atoms with Crippen molar-refractivity contribution in [1.29, 1.82) is 0 Å². The standard InChI is InChI=1S/C27H37N5O5/c1-27(2,3)37-26(36)30-12-9-17(10-13-30)18-11-14-31(16-18)19-5-6-20-22(15-19)29(4)25(35)32(20)21-7-8-23(33)28-24(21)34/h5-6,15,17-18,21H,7-14,16H2,1-4H3,(H,28,33,34). The molecule has 37 heavy (non-hydrogen) atoms. The third-order valence-electron chi connectivity index (χ3n) is 8.04. The van der Waals surface area contributed by atoms with Gasteiger partial charge < -0.3 is 14.5 Å². The van der Waals surface area contributed by atoms with Gasteiger partial charge in [-0.1, -0.05) is 0 Å². The van der Waals surface area contributed by atoms with E-state index in [2.05, 4.69) is 10.2 Å². The topological polar surface area (TPSA) is 106 Å². The molecule has 3 fully saturated rings. The van der Waals surface area contributed by atoms with E-state index in [0.29, 0.717) is 23.8 Å². The molecule has 3 saturated heterocycles. The van der Waals surface area contributed by atoms with E-state index in [-0.39, 0.29) is 24.1 Å². The number of hydrogen-bond donors (Lipinski definition) is 1. The molecule has 0 saturated carbocycles. The highest BCUT2D eigenvalue weighted by Crippen LogP contribution is 2.35. The summed E-state index contributed by atoms with van der Waals surface area (Å²) in [5.74, 6) is 0.421. The summed E-state index contributed by atoms with van der Waals surface area (Å²) in [5.41, 5.74) is 1.82. The number of aromatic nitrogens is 2.